The highest BCUT2D eigenvalue weighted by Crippen LogP contribution is 2.27. The summed E-state index contributed by atoms with van der Waals surface area (Å²) in [7, 11) is 1.63. The van der Waals surface area contributed by atoms with E-state index in [0.29, 0.717) is 12.1 Å². The second-order valence-corrected chi connectivity index (χ2v) is 5.57. The number of ether oxygens (including phenoxy) is 1. The molecule has 1 aliphatic rings. The number of carbonyl (C=O) groups is 1. The zero-order valence-electron chi connectivity index (χ0n) is 12.1. The topological polar surface area (TPSA) is 50.4 Å². The maximum Gasteiger partial charge on any atom is 0.251 e. The molecule has 22 heavy (non-hydrogen) atoms. The van der Waals surface area contributed by atoms with E-state index in [2.05, 4.69) is 10.0 Å². The lowest BCUT2D eigenvalue weighted by Gasteiger charge is -2.13. The minimum absolute atomic E-state index is 0.0785. The highest BCUT2D eigenvalue weighted by Gasteiger charge is 2.10. The zero-order chi connectivity index (χ0) is 15.4. The van der Waals surface area contributed by atoms with Gasteiger partial charge in [0.2, 0.25) is 0 Å². The van der Waals surface area contributed by atoms with Crippen LogP contribution < -0.4 is 14.8 Å². The Hall–Kier alpha value is -2.40. The predicted octanol–water partition coefficient (Wildman–Crippen LogP) is 3.67. The van der Waals surface area contributed by atoms with Crippen LogP contribution in [-0.4, -0.2) is 13.0 Å². The third-order valence-electron chi connectivity index (χ3n) is 3.41. The van der Waals surface area contributed by atoms with Crippen molar-refractivity contribution in [2.24, 2.45) is 0 Å². The molecular weight excluding hydrogens is 296 g/mol. The number of nitrogens with one attached hydrogen (secondary N) is 2. The molecule has 0 fully saturated rings. The molecule has 0 radical (unpaired) electrons. The first-order chi connectivity index (χ1) is 10.8. The highest BCUT2D eigenvalue weighted by atomic mass is 32.2. The number of rotatable bonds is 4. The third kappa shape index (κ3) is 3.26. The Morgan fingerprint density at radius 3 is 2.82 bits per heavy atom. The third-order valence-corrected chi connectivity index (χ3v) is 4.02. The minimum atomic E-state index is -0.0785. The van der Waals surface area contributed by atoms with Gasteiger partial charge in [-0.15, -0.1) is 0 Å². The van der Waals surface area contributed by atoms with Crippen LogP contribution in [-0.2, 0) is 6.54 Å². The molecule has 2 aromatic rings. The number of anilines is 1. The Bertz CT molecular complexity index is 711. The molecule has 3 rings (SSSR count). The van der Waals surface area contributed by atoms with Crippen LogP contribution in [0.15, 0.2) is 47.9 Å². The van der Waals surface area contributed by atoms with Crippen molar-refractivity contribution in [3.8, 4) is 5.75 Å². The van der Waals surface area contributed by atoms with Crippen LogP contribution in [0.5, 0.6) is 5.75 Å². The zero-order valence-corrected chi connectivity index (χ0v) is 12.9. The average Bonchev–Trinajstić information content (AvgIpc) is 2.59. The molecule has 0 atom stereocenters. The summed E-state index contributed by atoms with van der Waals surface area (Å²) in [6, 6.07) is 13.3. The molecule has 0 aliphatic carbocycles. The molecule has 2 aromatic carbocycles. The van der Waals surface area contributed by atoms with E-state index in [1.165, 1.54) is 11.9 Å². The van der Waals surface area contributed by atoms with E-state index in [9.17, 15) is 4.79 Å². The van der Waals surface area contributed by atoms with E-state index in [1.807, 2.05) is 53.9 Å². The van der Waals surface area contributed by atoms with E-state index in [-0.39, 0.29) is 5.91 Å². The van der Waals surface area contributed by atoms with E-state index in [0.717, 1.165) is 22.6 Å². The first-order valence-corrected chi connectivity index (χ1v) is 7.77. The smallest absolute Gasteiger partial charge is 0.251 e. The van der Waals surface area contributed by atoms with Crippen molar-refractivity contribution < 1.29 is 9.53 Å². The van der Waals surface area contributed by atoms with Gasteiger partial charge >= 0.3 is 0 Å². The van der Waals surface area contributed by atoms with E-state index < -0.39 is 0 Å². The Kier molecular flexibility index (Phi) is 4.34. The van der Waals surface area contributed by atoms with Crippen molar-refractivity contribution in [3.63, 3.8) is 0 Å². The number of amides is 1. The van der Waals surface area contributed by atoms with Gasteiger partial charge in [-0.05, 0) is 64.9 Å². The van der Waals surface area contributed by atoms with Crippen LogP contribution in [0.25, 0.3) is 6.08 Å². The van der Waals surface area contributed by atoms with Gasteiger partial charge in [-0.25, -0.2) is 0 Å². The summed E-state index contributed by atoms with van der Waals surface area (Å²) in [5.74, 6) is 0.729. The molecule has 112 valence electrons. The molecule has 1 heterocycles. The first-order valence-electron chi connectivity index (χ1n) is 6.89. The molecule has 0 spiro atoms. The maximum absolute atomic E-state index is 12.2. The van der Waals surface area contributed by atoms with Crippen molar-refractivity contribution in [1.29, 1.82) is 0 Å². The predicted molar refractivity (Wildman–Crippen MR) is 90.9 cm³/mol. The maximum atomic E-state index is 12.2. The van der Waals surface area contributed by atoms with E-state index in [4.69, 9.17) is 4.74 Å². The molecule has 4 nitrogen and oxygen atoms in total. The Morgan fingerprint density at radius 1 is 1.23 bits per heavy atom. The van der Waals surface area contributed by atoms with E-state index >= 15 is 0 Å². The van der Waals surface area contributed by atoms with Gasteiger partial charge < -0.3 is 14.8 Å². The largest absolute Gasteiger partial charge is 0.497 e. The standard InChI is InChI=1S/C17H16N2O2S/c1-21-15-5-2-12(3-6-15)11-18-17(20)14-4-7-16-13(10-14)8-9-22-19-16/h2-10,19H,11H2,1H3,(H,18,20). The SMILES string of the molecule is COc1ccc(CNC(=O)c2ccc3c(c2)C=CSN3)cc1. The van der Waals surface area contributed by atoms with Gasteiger partial charge in [-0.1, -0.05) is 12.1 Å². The van der Waals surface area contributed by atoms with Crippen LogP contribution in [0, 0.1) is 0 Å². The van der Waals surface area contributed by atoms with Gasteiger partial charge in [0.25, 0.3) is 5.91 Å². The Balaban J connectivity index is 1.65. The quantitative estimate of drug-likeness (QED) is 0.846. The van der Waals surface area contributed by atoms with Crippen molar-refractivity contribution in [2.45, 2.75) is 6.54 Å². The summed E-state index contributed by atoms with van der Waals surface area (Å²) in [4.78, 5) is 12.2. The van der Waals surface area contributed by atoms with Crippen molar-refractivity contribution >= 4 is 29.6 Å². The summed E-state index contributed by atoms with van der Waals surface area (Å²) in [6.07, 6.45) is 2.00. The lowest BCUT2D eigenvalue weighted by molar-refractivity contribution is 0.0951. The molecule has 1 aliphatic heterocycles. The molecule has 5 heteroatoms. The highest BCUT2D eigenvalue weighted by molar-refractivity contribution is 8.03. The van der Waals surface area contributed by atoms with Gasteiger partial charge in [0.1, 0.15) is 5.75 Å². The normalized spacial score (nSPS) is 12.2. The fraction of sp³-hybridized carbons (Fsp3) is 0.118. The summed E-state index contributed by atoms with van der Waals surface area (Å²) < 4.78 is 8.30. The summed E-state index contributed by atoms with van der Waals surface area (Å²) >= 11 is 1.52. The van der Waals surface area contributed by atoms with Crippen molar-refractivity contribution in [3.05, 3.63) is 64.6 Å². The molecule has 0 saturated carbocycles. The minimum Gasteiger partial charge on any atom is -0.497 e. The molecule has 2 N–H and O–H groups in total. The molecule has 0 saturated heterocycles. The van der Waals surface area contributed by atoms with Crippen molar-refractivity contribution in [2.75, 3.05) is 11.8 Å². The second-order valence-electron chi connectivity index (χ2n) is 4.86. The van der Waals surface area contributed by atoms with E-state index in [1.54, 1.807) is 7.11 Å². The molecule has 0 unspecified atom stereocenters. The van der Waals surface area contributed by atoms with Gasteiger partial charge in [-0.2, -0.15) is 0 Å². The molecule has 0 aromatic heterocycles. The molecule has 0 bridgehead atoms. The average molecular weight is 312 g/mol. The first kappa shape index (κ1) is 14.5. The number of carbonyl (C=O) groups excluding carboxylic acids is 1. The fourth-order valence-corrected chi connectivity index (χ4v) is 2.76. The summed E-state index contributed by atoms with van der Waals surface area (Å²) in [5, 5.41) is 4.89. The summed E-state index contributed by atoms with van der Waals surface area (Å²) in [6.45, 7) is 0.490. The number of fused-ring (bicyclic) bond motifs is 1. The van der Waals surface area contributed by atoms with Crippen LogP contribution in [0.3, 0.4) is 0 Å². The lowest BCUT2D eigenvalue weighted by atomic mass is 10.1. The van der Waals surface area contributed by atoms with Gasteiger partial charge in [0.05, 0.1) is 12.8 Å². The number of benzene rings is 2. The number of methoxy groups -OCH3 is 1. The monoisotopic (exact) mass is 312 g/mol. The molecule has 1 amide bonds. The second kappa shape index (κ2) is 6.58. The number of hydrogen-bond acceptors (Lipinski definition) is 4. The summed E-state index contributed by atoms with van der Waals surface area (Å²) in [5.41, 5.74) is 3.74. The van der Waals surface area contributed by atoms with Crippen molar-refractivity contribution in [1.82, 2.24) is 5.32 Å². The molecular formula is C17H16N2O2S. The number of hydrogen-bond donors (Lipinski definition) is 2. The van der Waals surface area contributed by atoms with Gasteiger partial charge in [0, 0.05) is 12.1 Å². The van der Waals surface area contributed by atoms with Gasteiger partial charge in [-0.3, -0.25) is 4.79 Å². The van der Waals surface area contributed by atoms with Crippen LogP contribution in [0.2, 0.25) is 0 Å². The van der Waals surface area contributed by atoms with Crippen LogP contribution in [0.4, 0.5) is 5.69 Å². The van der Waals surface area contributed by atoms with Crippen LogP contribution >= 0.6 is 11.9 Å². The Labute approximate surface area is 133 Å². The van der Waals surface area contributed by atoms with Gasteiger partial charge in [0.15, 0.2) is 0 Å². The fourth-order valence-electron chi connectivity index (χ4n) is 2.17. The van der Waals surface area contributed by atoms with Crippen LogP contribution in [0.1, 0.15) is 21.5 Å². The lowest BCUT2D eigenvalue weighted by Crippen LogP contribution is -2.22. The Morgan fingerprint density at radius 2 is 2.05 bits per heavy atom.